The van der Waals surface area contributed by atoms with Gasteiger partial charge >= 0.3 is 0 Å². The zero-order chi connectivity index (χ0) is 39.1. The molecule has 0 bridgehead atoms. The van der Waals surface area contributed by atoms with Gasteiger partial charge in [0.05, 0.1) is 11.7 Å². The summed E-state index contributed by atoms with van der Waals surface area (Å²) in [5.74, 6) is -1.22. The number of benzene rings is 2. The Morgan fingerprint density at radius 1 is 0.857 bits per heavy atom. The smallest absolute Gasteiger partial charge is 0.256 e. The first-order valence-electron chi connectivity index (χ1n) is 21.5. The van der Waals surface area contributed by atoms with Gasteiger partial charge in [-0.3, -0.25) is 19.5 Å². The Kier molecular flexibility index (Phi) is 11.6. The lowest BCUT2D eigenvalue weighted by atomic mass is 9.45. The second-order valence-corrected chi connectivity index (χ2v) is 18.4. The third-order valence-electron chi connectivity index (χ3n) is 15.3. The summed E-state index contributed by atoms with van der Waals surface area (Å²) in [6, 6.07) is 12.1. The van der Waals surface area contributed by atoms with Gasteiger partial charge in [-0.1, -0.05) is 44.2 Å². The molecule has 4 saturated carbocycles. The number of ketones is 1. The van der Waals surface area contributed by atoms with Crippen molar-refractivity contribution in [1.29, 1.82) is 0 Å². The number of amides is 1. The third-order valence-corrected chi connectivity index (χ3v) is 15.3. The first-order chi connectivity index (χ1) is 26.9. The van der Waals surface area contributed by atoms with Gasteiger partial charge in [0, 0.05) is 88.6 Å². The predicted molar refractivity (Wildman–Crippen MR) is 211 cm³/mol. The fraction of sp³-hybridized carbons (Fsp3) is 0.674. The minimum Gasteiger partial charge on any atom is -0.381 e. The first kappa shape index (κ1) is 39.7. The summed E-state index contributed by atoms with van der Waals surface area (Å²) >= 11 is 0. The molecule has 2 aromatic rings. The molecule has 0 radical (unpaired) electrons. The quantitative estimate of drug-likeness (QED) is 0.202. The number of halogens is 3. The van der Waals surface area contributed by atoms with E-state index < -0.39 is 11.7 Å². The van der Waals surface area contributed by atoms with Crippen molar-refractivity contribution in [2.24, 2.45) is 39.5 Å². The van der Waals surface area contributed by atoms with E-state index in [9.17, 15) is 22.8 Å². The first-order valence-corrected chi connectivity index (χ1v) is 21.5. The Hall–Kier alpha value is -3.08. The second kappa shape index (κ2) is 16.3. The van der Waals surface area contributed by atoms with Crippen LogP contribution < -0.4 is 0 Å². The number of aliphatic imine (C=N–C) groups is 1. The van der Waals surface area contributed by atoms with Gasteiger partial charge in [0.1, 0.15) is 12.4 Å². The molecular formula is C46H60F3N3O4. The zero-order valence-corrected chi connectivity index (χ0v) is 33.4. The highest BCUT2D eigenvalue weighted by atomic mass is 19.3. The van der Waals surface area contributed by atoms with E-state index in [1.807, 2.05) is 24.3 Å². The monoisotopic (exact) mass is 775 g/mol. The highest BCUT2D eigenvalue weighted by Gasteiger charge is 2.62. The summed E-state index contributed by atoms with van der Waals surface area (Å²) in [6.45, 7) is 10.4. The number of ether oxygens (including phenoxy) is 2. The molecule has 0 unspecified atom stereocenters. The summed E-state index contributed by atoms with van der Waals surface area (Å²) in [4.78, 5) is 34.3. The van der Waals surface area contributed by atoms with Crippen molar-refractivity contribution in [2.75, 3.05) is 59.1 Å². The Morgan fingerprint density at radius 3 is 2.45 bits per heavy atom. The number of Topliss-reactive ketones (excluding diaryl/α,β-unsaturated/α-hetero) is 1. The molecule has 6 aliphatic rings. The van der Waals surface area contributed by atoms with Crippen LogP contribution >= 0.6 is 0 Å². The van der Waals surface area contributed by atoms with E-state index in [2.05, 4.69) is 23.7 Å². The van der Waals surface area contributed by atoms with Crippen molar-refractivity contribution in [3.63, 3.8) is 0 Å². The highest BCUT2D eigenvalue weighted by Crippen LogP contribution is 2.67. The van der Waals surface area contributed by atoms with E-state index in [0.29, 0.717) is 69.1 Å². The van der Waals surface area contributed by atoms with Gasteiger partial charge in [-0.2, -0.15) is 0 Å². The number of hydrogen-bond acceptors (Lipinski definition) is 6. The second-order valence-electron chi connectivity index (χ2n) is 18.4. The number of fused-ring (bicyclic) bond motifs is 6. The Morgan fingerprint density at radius 2 is 1.62 bits per heavy atom. The summed E-state index contributed by atoms with van der Waals surface area (Å²) in [7, 11) is 0. The molecule has 7 nitrogen and oxygen atoms in total. The lowest BCUT2D eigenvalue weighted by Gasteiger charge is -2.61. The van der Waals surface area contributed by atoms with Crippen LogP contribution in [0.2, 0.25) is 0 Å². The molecule has 304 valence electrons. The molecule has 56 heavy (non-hydrogen) atoms. The minimum absolute atomic E-state index is 0.00850. The summed E-state index contributed by atoms with van der Waals surface area (Å²) < 4.78 is 56.2. The van der Waals surface area contributed by atoms with Crippen molar-refractivity contribution in [1.82, 2.24) is 9.80 Å². The SMILES string of the molecule is C[C@]12CCC(F)(F)C[C@@H]1CC[C@@H]1[C@@H]2CC[C@]2(C)[C@@H](OCCCOCCCN3CCN(C(=O)c4cc(CC5=NCC(=O)c6ccccc65)ccc4F)CC3)CC[C@@H]12. The molecule has 0 N–H and O–H groups in total. The van der Waals surface area contributed by atoms with Crippen LogP contribution in [-0.2, 0) is 15.9 Å². The van der Waals surface area contributed by atoms with Crippen LogP contribution in [0.25, 0.3) is 0 Å². The van der Waals surface area contributed by atoms with Crippen LogP contribution in [0.4, 0.5) is 13.2 Å². The van der Waals surface area contributed by atoms with Crippen LogP contribution in [-0.4, -0.2) is 98.3 Å². The Balaban J connectivity index is 0.719. The molecule has 5 fully saturated rings. The van der Waals surface area contributed by atoms with E-state index in [-0.39, 0.29) is 59.5 Å². The molecule has 0 aromatic heterocycles. The molecule has 1 saturated heterocycles. The number of alkyl halides is 2. The van der Waals surface area contributed by atoms with Crippen LogP contribution in [0, 0.1) is 40.3 Å². The zero-order valence-electron chi connectivity index (χ0n) is 33.4. The van der Waals surface area contributed by atoms with Gasteiger partial charge in [-0.15, -0.1) is 0 Å². The fourth-order valence-electron chi connectivity index (χ4n) is 12.1. The largest absolute Gasteiger partial charge is 0.381 e. The maximum Gasteiger partial charge on any atom is 0.256 e. The van der Waals surface area contributed by atoms with Gasteiger partial charge in [-0.25, -0.2) is 13.2 Å². The van der Waals surface area contributed by atoms with Crippen LogP contribution in [0.15, 0.2) is 47.5 Å². The van der Waals surface area contributed by atoms with Gasteiger partial charge in [0.15, 0.2) is 5.78 Å². The van der Waals surface area contributed by atoms with Gasteiger partial charge in [-0.05, 0) is 110 Å². The Labute approximate surface area is 330 Å². The van der Waals surface area contributed by atoms with E-state index in [1.54, 1.807) is 17.0 Å². The molecule has 4 aliphatic carbocycles. The maximum atomic E-state index is 15.0. The van der Waals surface area contributed by atoms with Crippen molar-refractivity contribution < 1.29 is 32.2 Å². The number of nitrogens with zero attached hydrogens (tertiary/aromatic N) is 3. The standard InChI is InChI=1S/C46H60F3N3O4/c1-44-17-18-46(48,49)29-32(44)10-11-35-37-12-14-42(45(37,2)16-15-38(35)44)56-26-6-25-55-24-5-19-51-20-22-52(23-21-51)43(54)36-27-31(9-13-39(36)47)28-40-33-7-3-4-8-34(33)41(53)30-50-40/h3-4,7-9,13,27,32,35,37-38,42H,5-6,10-12,14-26,28-30H2,1-2H3/t32-,35-,37-,38-,42-,44-,45-/m0/s1. The number of carbonyl (C=O) groups excluding carboxylic acids is 2. The minimum atomic E-state index is -2.47. The fourth-order valence-corrected chi connectivity index (χ4v) is 12.1. The van der Waals surface area contributed by atoms with Crippen LogP contribution in [0.5, 0.6) is 0 Å². The molecular weight excluding hydrogens is 716 g/mol. The van der Waals surface area contributed by atoms with Gasteiger partial charge in [0.25, 0.3) is 5.91 Å². The predicted octanol–water partition coefficient (Wildman–Crippen LogP) is 8.67. The molecule has 10 heteroatoms. The average Bonchev–Trinajstić information content (AvgIpc) is 3.53. The molecule has 8 rings (SSSR count). The molecule has 1 amide bonds. The normalized spacial score (nSPS) is 32.6. The van der Waals surface area contributed by atoms with Crippen molar-refractivity contribution >= 4 is 17.4 Å². The molecule has 2 aromatic carbocycles. The third kappa shape index (κ3) is 7.88. The highest BCUT2D eigenvalue weighted by molar-refractivity contribution is 6.15. The Bertz CT molecular complexity index is 1790. The lowest BCUT2D eigenvalue weighted by Crippen LogP contribution is -2.55. The van der Waals surface area contributed by atoms with E-state index in [0.717, 1.165) is 81.4 Å². The number of hydrogen-bond donors (Lipinski definition) is 0. The van der Waals surface area contributed by atoms with E-state index in [1.165, 1.54) is 12.5 Å². The number of piperazine rings is 1. The van der Waals surface area contributed by atoms with Crippen LogP contribution in [0.3, 0.4) is 0 Å². The van der Waals surface area contributed by atoms with Crippen molar-refractivity contribution in [3.8, 4) is 0 Å². The van der Waals surface area contributed by atoms with Gasteiger partial charge < -0.3 is 14.4 Å². The molecule has 2 heterocycles. The maximum absolute atomic E-state index is 15.0. The summed E-state index contributed by atoms with van der Waals surface area (Å²) in [6.07, 6.45) is 10.1. The van der Waals surface area contributed by atoms with Crippen molar-refractivity contribution in [2.45, 2.75) is 103 Å². The van der Waals surface area contributed by atoms with Crippen LogP contribution in [0.1, 0.15) is 116 Å². The van der Waals surface area contributed by atoms with E-state index in [4.69, 9.17) is 9.47 Å². The molecule has 2 aliphatic heterocycles. The molecule has 0 spiro atoms. The molecule has 7 atom stereocenters. The average molecular weight is 776 g/mol. The van der Waals surface area contributed by atoms with E-state index >= 15 is 0 Å². The summed E-state index contributed by atoms with van der Waals surface area (Å²) in [5.41, 5.74) is 3.37. The van der Waals surface area contributed by atoms with Gasteiger partial charge in [0.2, 0.25) is 5.92 Å². The number of rotatable bonds is 12. The topological polar surface area (TPSA) is 71.4 Å². The summed E-state index contributed by atoms with van der Waals surface area (Å²) in [5, 5.41) is 0. The lowest BCUT2D eigenvalue weighted by molar-refractivity contribution is -0.169. The van der Waals surface area contributed by atoms with Crippen molar-refractivity contribution in [3.05, 3.63) is 70.5 Å². The number of carbonyl (C=O) groups is 2.